The van der Waals surface area contributed by atoms with Gasteiger partial charge >= 0.3 is 0 Å². The number of imide groups is 1. The van der Waals surface area contributed by atoms with E-state index in [2.05, 4.69) is 6.07 Å². The van der Waals surface area contributed by atoms with Crippen LogP contribution in [0.5, 0.6) is 0 Å². The fourth-order valence-corrected chi connectivity index (χ4v) is 4.80. The standard InChI is InChI=1S/C19H21N3O3S/c23-16(9-11-22-17(24)7-8-18(22)25)21-10-3-4-13(12-21)19-20-14-5-1-2-6-15(14)26-19/h1-2,5-6,13H,3-4,7-12H2/t13-/m1/s1. The van der Waals surface area contributed by atoms with Gasteiger partial charge in [-0.1, -0.05) is 12.1 Å². The van der Waals surface area contributed by atoms with Crippen LogP contribution in [0.15, 0.2) is 24.3 Å². The van der Waals surface area contributed by atoms with Gasteiger partial charge < -0.3 is 4.90 Å². The Balaban J connectivity index is 1.39. The Labute approximate surface area is 155 Å². The van der Waals surface area contributed by atoms with Crippen molar-refractivity contribution in [3.05, 3.63) is 29.3 Å². The number of hydrogen-bond acceptors (Lipinski definition) is 5. The molecule has 4 rings (SSSR count). The molecule has 3 amide bonds. The van der Waals surface area contributed by atoms with Crippen molar-refractivity contribution < 1.29 is 14.4 Å². The molecular formula is C19H21N3O3S. The Morgan fingerprint density at radius 3 is 2.73 bits per heavy atom. The van der Waals surface area contributed by atoms with Gasteiger partial charge in [-0.05, 0) is 25.0 Å². The lowest BCUT2D eigenvalue weighted by Crippen LogP contribution is -2.41. The molecule has 0 saturated carbocycles. The lowest BCUT2D eigenvalue weighted by Gasteiger charge is -2.32. The second-order valence-corrected chi connectivity index (χ2v) is 7.95. The van der Waals surface area contributed by atoms with Crippen molar-refractivity contribution >= 4 is 39.3 Å². The molecule has 0 radical (unpaired) electrons. The highest BCUT2D eigenvalue weighted by Crippen LogP contribution is 2.33. The summed E-state index contributed by atoms with van der Waals surface area (Å²) in [7, 11) is 0. The third-order valence-corrected chi connectivity index (χ3v) is 6.34. The zero-order valence-electron chi connectivity index (χ0n) is 14.5. The van der Waals surface area contributed by atoms with Gasteiger partial charge in [0, 0.05) is 44.8 Å². The smallest absolute Gasteiger partial charge is 0.229 e. The van der Waals surface area contributed by atoms with E-state index >= 15 is 0 Å². The minimum absolute atomic E-state index is 0.0170. The molecule has 6 nitrogen and oxygen atoms in total. The molecule has 0 bridgehead atoms. The van der Waals surface area contributed by atoms with Crippen LogP contribution in [0, 0.1) is 0 Å². The van der Waals surface area contributed by atoms with E-state index in [-0.39, 0.29) is 49.4 Å². The Hall–Kier alpha value is -2.28. The summed E-state index contributed by atoms with van der Waals surface area (Å²) in [5, 5.41) is 1.09. The molecule has 1 aromatic carbocycles. The maximum Gasteiger partial charge on any atom is 0.229 e. The number of benzene rings is 1. The summed E-state index contributed by atoms with van der Waals surface area (Å²) >= 11 is 1.71. The van der Waals surface area contributed by atoms with Crippen molar-refractivity contribution in [1.29, 1.82) is 0 Å². The number of likely N-dealkylation sites (tertiary alicyclic amines) is 2. The molecule has 0 unspecified atom stereocenters. The molecule has 2 aliphatic heterocycles. The monoisotopic (exact) mass is 371 g/mol. The molecule has 2 aromatic rings. The van der Waals surface area contributed by atoms with E-state index in [9.17, 15) is 14.4 Å². The molecule has 136 valence electrons. The first kappa shape index (κ1) is 17.1. The molecule has 0 aliphatic carbocycles. The number of aromatic nitrogens is 1. The van der Waals surface area contributed by atoms with Crippen molar-refractivity contribution in [1.82, 2.24) is 14.8 Å². The van der Waals surface area contributed by atoms with Crippen LogP contribution < -0.4 is 0 Å². The van der Waals surface area contributed by atoms with E-state index in [0.717, 1.165) is 29.9 Å². The van der Waals surface area contributed by atoms with Crippen LogP contribution in [0.3, 0.4) is 0 Å². The average molecular weight is 371 g/mol. The normalized spacial score (nSPS) is 21.0. The molecule has 2 fully saturated rings. The maximum absolute atomic E-state index is 12.6. The summed E-state index contributed by atoms with van der Waals surface area (Å²) in [5.41, 5.74) is 1.02. The summed E-state index contributed by atoms with van der Waals surface area (Å²) < 4.78 is 1.18. The van der Waals surface area contributed by atoms with Crippen molar-refractivity contribution in [2.45, 2.75) is 38.0 Å². The molecular weight excluding hydrogens is 350 g/mol. The van der Waals surface area contributed by atoms with Gasteiger partial charge in [0.2, 0.25) is 17.7 Å². The molecule has 2 saturated heterocycles. The van der Waals surface area contributed by atoms with Gasteiger partial charge in [-0.2, -0.15) is 0 Å². The quantitative estimate of drug-likeness (QED) is 0.775. The minimum Gasteiger partial charge on any atom is -0.342 e. The lowest BCUT2D eigenvalue weighted by atomic mass is 9.98. The van der Waals surface area contributed by atoms with Gasteiger partial charge in [0.1, 0.15) is 0 Å². The number of thiazole rings is 1. The molecule has 26 heavy (non-hydrogen) atoms. The van der Waals surface area contributed by atoms with E-state index in [1.807, 2.05) is 23.1 Å². The van der Waals surface area contributed by atoms with Gasteiger partial charge in [-0.3, -0.25) is 19.3 Å². The number of para-hydroxylation sites is 1. The summed E-state index contributed by atoms with van der Waals surface area (Å²) in [6, 6.07) is 8.10. The third-order valence-electron chi connectivity index (χ3n) is 5.14. The average Bonchev–Trinajstić information content (AvgIpc) is 3.23. The highest BCUT2D eigenvalue weighted by atomic mass is 32.1. The second-order valence-electron chi connectivity index (χ2n) is 6.89. The van der Waals surface area contributed by atoms with Crippen LogP contribution >= 0.6 is 11.3 Å². The predicted octanol–water partition coefficient (Wildman–Crippen LogP) is 2.54. The van der Waals surface area contributed by atoms with Gasteiger partial charge in [0.25, 0.3) is 0 Å². The highest BCUT2D eigenvalue weighted by Gasteiger charge is 2.31. The van der Waals surface area contributed by atoms with Gasteiger partial charge in [-0.25, -0.2) is 4.98 Å². The number of fused-ring (bicyclic) bond motifs is 1. The first-order valence-corrected chi connectivity index (χ1v) is 9.90. The Bertz CT molecular complexity index is 814. The Kier molecular flexibility index (Phi) is 4.72. The van der Waals surface area contributed by atoms with Crippen LogP contribution in [0.1, 0.15) is 43.0 Å². The van der Waals surface area contributed by atoms with E-state index in [1.165, 1.54) is 9.60 Å². The number of amides is 3. The van der Waals surface area contributed by atoms with E-state index in [4.69, 9.17) is 4.98 Å². The van der Waals surface area contributed by atoms with Crippen LogP contribution in [0.4, 0.5) is 0 Å². The number of hydrogen-bond donors (Lipinski definition) is 0. The zero-order chi connectivity index (χ0) is 18.1. The summed E-state index contributed by atoms with van der Waals surface area (Å²) in [6.45, 7) is 1.61. The van der Waals surface area contributed by atoms with Crippen molar-refractivity contribution in [3.63, 3.8) is 0 Å². The topological polar surface area (TPSA) is 70.6 Å². The first-order chi connectivity index (χ1) is 12.6. The first-order valence-electron chi connectivity index (χ1n) is 9.08. The summed E-state index contributed by atoms with van der Waals surface area (Å²) in [4.78, 5) is 43.8. The summed E-state index contributed by atoms with van der Waals surface area (Å²) in [6.07, 6.45) is 2.75. The van der Waals surface area contributed by atoms with Gasteiger partial charge in [0.15, 0.2) is 0 Å². The fraction of sp³-hybridized carbons (Fsp3) is 0.474. The number of piperidine rings is 1. The van der Waals surface area contributed by atoms with Crippen LogP contribution in [-0.4, -0.2) is 52.1 Å². The largest absolute Gasteiger partial charge is 0.342 e. The fourth-order valence-electron chi connectivity index (χ4n) is 3.71. The van der Waals surface area contributed by atoms with Crippen LogP contribution in [-0.2, 0) is 14.4 Å². The van der Waals surface area contributed by atoms with E-state index < -0.39 is 0 Å². The Morgan fingerprint density at radius 1 is 1.19 bits per heavy atom. The third kappa shape index (κ3) is 3.35. The van der Waals surface area contributed by atoms with E-state index in [0.29, 0.717) is 6.54 Å². The predicted molar refractivity (Wildman–Crippen MR) is 98.7 cm³/mol. The summed E-state index contributed by atoms with van der Waals surface area (Å²) in [5.74, 6) is -0.0361. The van der Waals surface area contributed by atoms with Gasteiger partial charge in [-0.15, -0.1) is 11.3 Å². The van der Waals surface area contributed by atoms with Crippen LogP contribution in [0.2, 0.25) is 0 Å². The molecule has 7 heteroatoms. The van der Waals surface area contributed by atoms with Gasteiger partial charge in [0.05, 0.1) is 15.2 Å². The zero-order valence-corrected chi connectivity index (χ0v) is 15.3. The molecule has 0 spiro atoms. The number of nitrogens with zero attached hydrogens (tertiary/aromatic N) is 3. The number of carbonyl (C=O) groups excluding carboxylic acids is 3. The van der Waals surface area contributed by atoms with Crippen LogP contribution in [0.25, 0.3) is 10.2 Å². The molecule has 3 heterocycles. The minimum atomic E-state index is -0.159. The Morgan fingerprint density at radius 2 is 1.96 bits per heavy atom. The molecule has 2 aliphatic rings. The SMILES string of the molecule is O=C(CCN1C(=O)CCC1=O)N1CCC[C@@H](c2nc3ccccc3s2)C1. The van der Waals surface area contributed by atoms with Crippen molar-refractivity contribution in [2.75, 3.05) is 19.6 Å². The highest BCUT2D eigenvalue weighted by molar-refractivity contribution is 7.18. The lowest BCUT2D eigenvalue weighted by molar-refractivity contribution is -0.139. The second kappa shape index (κ2) is 7.15. The molecule has 1 aromatic heterocycles. The van der Waals surface area contributed by atoms with Crippen molar-refractivity contribution in [2.24, 2.45) is 0 Å². The van der Waals surface area contributed by atoms with E-state index in [1.54, 1.807) is 11.3 Å². The maximum atomic E-state index is 12.6. The molecule has 1 atom stereocenters. The number of rotatable bonds is 4. The van der Waals surface area contributed by atoms with Crippen molar-refractivity contribution in [3.8, 4) is 0 Å². The molecule has 0 N–H and O–H groups in total. The number of carbonyl (C=O) groups is 3.